The number of aromatic carboxylic acids is 1. The van der Waals surface area contributed by atoms with Crippen LogP contribution in [0.5, 0.6) is 0 Å². The van der Waals surface area contributed by atoms with Crippen LogP contribution in [0.2, 0.25) is 0 Å². The van der Waals surface area contributed by atoms with E-state index in [1.165, 1.54) is 12.1 Å². The molecule has 0 aliphatic carbocycles. The van der Waals surface area contributed by atoms with Gasteiger partial charge in [-0.25, -0.2) is 4.79 Å². The van der Waals surface area contributed by atoms with E-state index in [0.29, 0.717) is 0 Å². The molecule has 0 saturated heterocycles. The number of hydrogen-bond donors (Lipinski definition) is 5. The van der Waals surface area contributed by atoms with Gasteiger partial charge in [0.15, 0.2) is 0 Å². The van der Waals surface area contributed by atoms with Crippen molar-refractivity contribution in [1.82, 2.24) is 0 Å². The molecule has 0 amide bonds. The highest BCUT2D eigenvalue weighted by Gasteiger charge is 2.25. The molecule has 0 saturated carbocycles. The van der Waals surface area contributed by atoms with Crippen LogP contribution in [-0.4, -0.2) is 30.6 Å². The van der Waals surface area contributed by atoms with Crippen LogP contribution in [0.25, 0.3) is 0 Å². The molecule has 106 valence electrons. The van der Waals surface area contributed by atoms with E-state index in [-0.39, 0.29) is 16.7 Å². The normalized spacial score (nSPS) is 12.4. The summed E-state index contributed by atoms with van der Waals surface area (Å²) in [5.41, 5.74) is -0.725. The van der Waals surface area contributed by atoms with Crippen LogP contribution < -0.4 is 0 Å². The van der Waals surface area contributed by atoms with Gasteiger partial charge >= 0.3 is 21.2 Å². The number of carbonyl (C=O) groups is 1. The van der Waals surface area contributed by atoms with E-state index >= 15 is 0 Å². The molecule has 19 heavy (non-hydrogen) atoms. The zero-order valence-electron chi connectivity index (χ0n) is 9.50. The topological polar surface area (TPSA) is 152 Å². The number of rotatable bonds is 5. The Kier molecular flexibility index (Phi) is 4.68. The second-order valence-corrected chi connectivity index (χ2v) is 7.19. The quantitative estimate of drug-likeness (QED) is 0.499. The molecule has 5 N–H and O–H groups in total. The Balaban J connectivity index is 3.38. The zero-order valence-corrected chi connectivity index (χ0v) is 11.3. The SMILES string of the molecule is O=C(O)c1cccc(CP(=O)(O)O)c1CP(=O)(O)O. The molecular formula is C9H12O8P2. The molecular weight excluding hydrogens is 298 g/mol. The Hall–Kier alpha value is -1.01. The summed E-state index contributed by atoms with van der Waals surface area (Å²) in [6, 6.07) is 3.62. The van der Waals surface area contributed by atoms with Gasteiger partial charge in [-0.3, -0.25) is 9.13 Å². The highest BCUT2D eigenvalue weighted by molar-refractivity contribution is 7.51. The van der Waals surface area contributed by atoms with Crippen LogP contribution in [0.3, 0.4) is 0 Å². The first-order chi connectivity index (χ1) is 8.49. The third-order valence-electron chi connectivity index (χ3n) is 2.24. The lowest BCUT2D eigenvalue weighted by atomic mass is 10.0. The maximum atomic E-state index is 11.0. The number of carboxylic acid groups (broad SMARTS) is 1. The summed E-state index contributed by atoms with van der Waals surface area (Å²) in [4.78, 5) is 46.6. The van der Waals surface area contributed by atoms with E-state index < -0.39 is 33.5 Å². The summed E-state index contributed by atoms with van der Waals surface area (Å²) in [6.45, 7) is 0. The third kappa shape index (κ3) is 5.24. The van der Waals surface area contributed by atoms with Crippen molar-refractivity contribution in [3.8, 4) is 0 Å². The Morgan fingerprint density at radius 3 is 1.95 bits per heavy atom. The lowest BCUT2D eigenvalue weighted by molar-refractivity contribution is 0.0695. The van der Waals surface area contributed by atoms with Gasteiger partial charge in [-0.05, 0) is 17.2 Å². The van der Waals surface area contributed by atoms with Crippen molar-refractivity contribution >= 4 is 21.2 Å². The minimum atomic E-state index is -4.56. The number of benzene rings is 1. The van der Waals surface area contributed by atoms with Gasteiger partial charge in [-0.15, -0.1) is 0 Å². The first kappa shape index (κ1) is 16.0. The van der Waals surface area contributed by atoms with E-state index in [1.54, 1.807) is 0 Å². The van der Waals surface area contributed by atoms with E-state index in [0.717, 1.165) is 6.07 Å². The molecule has 0 aliphatic heterocycles. The largest absolute Gasteiger partial charge is 0.478 e. The van der Waals surface area contributed by atoms with Gasteiger partial charge < -0.3 is 24.7 Å². The summed E-state index contributed by atoms with van der Waals surface area (Å²) in [7, 11) is -9.04. The van der Waals surface area contributed by atoms with Crippen LogP contribution in [0, 0.1) is 0 Å². The van der Waals surface area contributed by atoms with E-state index in [4.69, 9.17) is 24.7 Å². The van der Waals surface area contributed by atoms with E-state index in [1.807, 2.05) is 0 Å². The van der Waals surface area contributed by atoms with Gasteiger partial charge in [-0.2, -0.15) is 0 Å². The molecule has 0 spiro atoms. The molecule has 0 atom stereocenters. The first-order valence-electron chi connectivity index (χ1n) is 4.93. The smallest absolute Gasteiger partial charge is 0.335 e. The second kappa shape index (κ2) is 5.54. The minimum absolute atomic E-state index is 0.0865. The molecule has 0 unspecified atom stereocenters. The molecule has 10 heteroatoms. The Morgan fingerprint density at radius 1 is 1.00 bits per heavy atom. The molecule has 1 rings (SSSR count). The highest BCUT2D eigenvalue weighted by Crippen LogP contribution is 2.45. The predicted octanol–water partition coefficient (Wildman–Crippen LogP) is 0.740. The summed E-state index contributed by atoms with van der Waals surface area (Å²) < 4.78 is 22.0. The average molecular weight is 310 g/mol. The van der Waals surface area contributed by atoms with Gasteiger partial charge in [0.05, 0.1) is 17.9 Å². The van der Waals surface area contributed by atoms with Gasteiger partial charge in [0.25, 0.3) is 0 Å². The summed E-state index contributed by atoms with van der Waals surface area (Å²) in [5.74, 6) is -1.42. The van der Waals surface area contributed by atoms with Crippen molar-refractivity contribution in [3.05, 3.63) is 34.9 Å². The molecule has 0 fully saturated rings. The average Bonchev–Trinajstić information content (AvgIpc) is 2.15. The Labute approximate surface area is 108 Å². The van der Waals surface area contributed by atoms with Crippen molar-refractivity contribution in [2.75, 3.05) is 0 Å². The first-order valence-corrected chi connectivity index (χ1v) is 8.52. The van der Waals surface area contributed by atoms with Crippen molar-refractivity contribution < 1.29 is 38.6 Å². The van der Waals surface area contributed by atoms with Crippen LogP contribution in [0.1, 0.15) is 21.5 Å². The standard InChI is InChI=1S/C9H12O8P2/c10-9(11)7-3-1-2-6(4-18(12,13)14)8(7)5-19(15,16)17/h1-3H,4-5H2,(H,10,11)(H2,12,13,14)(H2,15,16,17). The van der Waals surface area contributed by atoms with Crippen LogP contribution in [0.4, 0.5) is 0 Å². The molecule has 0 aliphatic rings. The van der Waals surface area contributed by atoms with Crippen molar-refractivity contribution in [1.29, 1.82) is 0 Å². The fourth-order valence-electron chi connectivity index (χ4n) is 1.60. The van der Waals surface area contributed by atoms with Crippen molar-refractivity contribution in [3.63, 3.8) is 0 Å². The molecule has 0 radical (unpaired) electrons. The number of carboxylic acids is 1. The molecule has 1 aromatic rings. The predicted molar refractivity (Wildman–Crippen MR) is 64.9 cm³/mol. The monoisotopic (exact) mass is 310 g/mol. The van der Waals surface area contributed by atoms with Gasteiger partial charge in [0, 0.05) is 0 Å². The van der Waals surface area contributed by atoms with Gasteiger partial charge in [0.1, 0.15) is 0 Å². The second-order valence-electron chi connectivity index (χ2n) is 3.89. The Morgan fingerprint density at radius 2 is 1.53 bits per heavy atom. The lowest BCUT2D eigenvalue weighted by Gasteiger charge is -2.14. The Bertz CT molecular complexity index is 584. The maximum absolute atomic E-state index is 11.0. The fraction of sp³-hybridized carbons (Fsp3) is 0.222. The van der Waals surface area contributed by atoms with Crippen LogP contribution >= 0.6 is 15.2 Å². The molecule has 0 aromatic heterocycles. The summed E-state index contributed by atoms with van der Waals surface area (Å²) in [5, 5.41) is 8.94. The van der Waals surface area contributed by atoms with E-state index in [9.17, 15) is 13.9 Å². The molecule has 0 bridgehead atoms. The van der Waals surface area contributed by atoms with Crippen molar-refractivity contribution in [2.45, 2.75) is 12.3 Å². The maximum Gasteiger partial charge on any atom is 0.335 e. The highest BCUT2D eigenvalue weighted by atomic mass is 31.2. The van der Waals surface area contributed by atoms with Crippen LogP contribution in [-0.2, 0) is 21.5 Å². The van der Waals surface area contributed by atoms with E-state index in [2.05, 4.69) is 0 Å². The van der Waals surface area contributed by atoms with Gasteiger partial charge in [0.2, 0.25) is 0 Å². The third-order valence-corrected chi connectivity index (χ3v) is 3.72. The minimum Gasteiger partial charge on any atom is -0.478 e. The summed E-state index contributed by atoms with van der Waals surface area (Å²) >= 11 is 0. The number of hydrogen-bond acceptors (Lipinski definition) is 3. The zero-order chi connectivity index (χ0) is 14.8. The molecule has 8 nitrogen and oxygen atoms in total. The summed E-state index contributed by atoms with van der Waals surface area (Å²) in [6.07, 6.45) is -1.66. The van der Waals surface area contributed by atoms with Crippen LogP contribution in [0.15, 0.2) is 18.2 Å². The lowest BCUT2D eigenvalue weighted by Crippen LogP contribution is -2.06. The molecule has 0 heterocycles. The van der Waals surface area contributed by atoms with Crippen molar-refractivity contribution in [2.24, 2.45) is 0 Å². The molecule has 1 aromatic carbocycles. The fourth-order valence-corrected chi connectivity index (χ4v) is 3.12. The van der Waals surface area contributed by atoms with Gasteiger partial charge in [-0.1, -0.05) is 12.1 Å².